The third kappa shape index (κ3) is 2.68. The van der Waals surface area contributed by atoms with E-state index >= 15 is 0 Å². The van der Waals surface area contributed by atoms with Crippen LogP contribution in [-0.4, -0.2) is 12.6 Å². The number of furan rings is 1. The Balaban J connectivity index is 1.99. The largest absolute Gasteiger partial charge is 0.462 e. The molecule has 0 amide bonds. The van der Waals surface area contributed by atoms with Crippen LogP contribution in [0.3, 0.4) is 0 Å². The molecule has 0 fully saturated rings. The second-order valence-corrected chi connectivity index (χ2v) is 5.62. The molecule has 0 aliphatic rings. The summed E-state index contributed by atoms with van der Waals surface area (Å²) < 4.78 is 12.0. The third-order valence-corrected chi connectivity index (χ3v) is 4.26. The molecule has 3 aromatic rings. The van der Waals surface area contributed by atoms with E-state index in [4.69, 9.17) is 9.15 Å². The predicted octanol–water partition coefficient (Wildman–Crippen LogP) is 4.88. The van der Waals surface area contributed by atoms with E-state index in [9.17, 15) is 4.79 Å². The SMILES string of the molecule is CCOC(=O)c1ccc(-c2oc3ccccc3c2I)cc1. The van der Waals surface area contributed by atoms with Crippen molar-refractivity contribution < 1.29 is 13.9 Å². The lowest BCUT2D eigenvalue weighted by Gasteiger charge is -2.03. The van der Waals surface area contributed by atoms with E-state index in [0.29, 0.717) is 12.2 Å². The van der Waals surface area contributed by atoms with E-state index in [0.717, 1.165) is 25.9 Å². The monoisotopic (exact) mass is 392 g/mol. The fourth-order valence-corrected chi connectivity index (χ4v) is 3.04. The van der Waals surface area contributed by atoms with E-state index in [-0.39, 0.29) is 5.97 Å². The number of benzene rings is 2. The minimum Gasteiger partial charge on any atom is -0.462 e. The predicted molar refractivity (Wildman–Crippen MR) is 90.3 cm³/mol. The van der Waals surface area contributed by atoms with Crippen molar-refractivity contribution in [2.45, 2.75) is 6.92 Å². The van der Waals surface area contributed by atoms with Gasteiger partial charge < -0.3 is 9.15 Å². The van der Waals surface area contributed by atoms with Gasteiger partial charge in [0.2, 0.25) is 0 Å². The lowest BCUT2D eigenvalue weighted by Crippen LogP contribution is -2.03. The second-order valence-electron chi connectivity index (χ2n) is 4.54. The minimum atomic E-state index is -0.302. The number of hydrogen-bond donors (Lipinski definition) is 0. The number of carbonyl (C=O) groups excluding carboxylic acids is 1. The van der Waals surface area contributed by atoms with Gasteiger partial charge in [-0.15, -0.1) is 0 Å². The molecule has 0 aliphatic carbocycles. The Morgan fingerprint density at radius 1 is 1.14 bits per heavy atom. The molecule has 0 spiro atoms. The molecule has 0 aliphatic heterocycles. The molecule has 0 unspecified atom stereocenters. The highest BCUT2D eigenvalue weighted by molar-refractivity contribution is 14.1. The van der Waals surface area contributed by atoms with Gasteiger partial charge in [-0.05, 0) is 47.7 Å². The number of halogens is 1. The number of fused-ring (bicyclic) bond motifs is 1. The number of carbonyl (C=O) groups is 1. The molecular formula is C17H13IO3. The Morgan fingerprint density at radius 2 is 1.86 bits per heavy atom. The quantitative estimate of drug-likeness (QED) is 0.471. The summed E-state index contributed by atoms with van der Waals surface area (Å²) in [5.74, 6) is 0.524. The van der Waals surface area contributed by atoms with Gasteiger partial charge in [-0.25, -0.2) is 4.79 Å². The second kappa shape index (κ2) is 5.89. The van der Waals surface area contributed by atoms with Gasteiger partial charge in [0.1, 0.15) is 11.3 Å². The van der Waals surface area contributed by atoms with Crippen molar-refractivity contribution in [2.24, 2.45) is 0 Å². The van der Waals surface area contributed by atoms with Crippen LogP contribution in [0.4, 0.5) is 0 Å². The van der Waals surface area contributed by atoms with Crippen LogP contribution in [0.1, 0.15) is 17.3 Å². The Kier molecular flexibility index (Phi) is 3.96. The molecule has 0 N–H and O–H groups in total. The highest BCUT2D eigenvalue weighted by atomic mass is 127. The molecule has 0 saturated carbocycles. The first-order valence-electron chi connectivity index (χ1n) is 6.65. The molecular weight excluding hydrogens is 379 g/mol. The van der Waals surface area contributed by atoms with Crippen molar-refractivity contribution in [2.75, 3.05) is 6.61 Å². The van der Waals surface area contributed by atoms with Crippen LogP contribution in [-0.2, 0) is 4.74 Å². The topological polar surface area (TPSA) is 39.4 Å². The van der Waals surface area contributed by atoms with Crippen molar-refractivity contribution >= 4 is 39.5 Å². The Morgan fingerprint density at radius 3 is 2.52 bits per heavy atom. The normalized spacial score (nSPS) is 10.8. The van der Waals surface area contributed by atoms with Crippen LogP contribution >= 0.6 is 22.6 Å². The maximum absolute atomic E-state index is 11.7. The van der Waals surface area contributed by atoms with E-state index in [2.05, 4.69) is 22.6 Å². The maximum Gasteiger partial charge on any atom is 0.338 e. The zero-order chi connectivity index (χ0) is 14.8. The van der Waals surface area contributed by atoms with Crippen molar-refractivity contribution in [1.29, 1.82) is 0 Å². The highest BCUT2D eigenvalue weighted by Crippen LogP contribution is 2.34. The first-order chi connectivity index (χ1) is 10.2. The molecule has 3 rings (SSSR count). The van der Waals surface area contributed by atoms with Gasteiger partial charge in [0.05, 0.1) is 15.7 Å². The molecule has 1 aromatic heterocycles. The van der Waals surface area contributed by atoms with Crippen molar-refractivity contribution in [1.82, 2.24) is 0 Å². The van der Waals surface area contributed by atoms with Crippen LogP contribution in [0, 0.1) is 3.57 Å². The molecule has 21 heavy (non-hydrogen) atoms. The summed E-state index contributed by atoms with van der Waals surface area (Å²) >= 11 is 2.29. The van der Waals surface area contributed by atoms with Crippen LogP contribution in [0.15, 0.2) is 52.9 Å². The number of rotatable bonds is 3. The number of esters is 1. The van der Waals surface area contributed by atoms with Crippen LogP contribution in [0.25, 0.3) is 22.3 Å². The average Bonchev–Trinajstić information content (AvgIpc) is 2.85. The number of para-hydroxylation sites is 1. The zero-order valence-electron chi connectivity index (χ0n) is 11.4. The summed E-state index contributed by atoms with van der Waals surface area (Å²) in [6.45, 7) is 2.17. The van der Waals surface area contributed by atoms with E-state index in [1.54, 1.807) is 19.1 Å². The Bertz CT molecular complexity index is 787. The lowest BCUT2D eigenvalue weighted by molar-refractivity contribution is 0.0526. The molecule has 1 heterocycles. The number of hydrogen-bond acceptors (Lipinski definition) is 3. The summed E-state index contributed by atoms with van der Waals surface area (Å²) in [6.07, 6.45) is 0. The molecule has 106 valence electrons. The molecule has 0 atom stereocenters. The van der Waals surface area contributed by atoms with Gasteiger partial charge in [0.25, 0.3) is 0 Å². The molecule has 4 heteroatoms. The van der Waals surface area contributed by atoms with Crippen molar-refractivity contribution in [3.8, 4) is 11.3 Å². The van der Waals surface area contributed by atoms with E-state index in [1.807, 2.05) is 36.4 Å². The van der Waals surface area contributed by atoms with Gasteiger partial charge in [-0.3, -0.25) is 0 Å². The van der Waals surface area contributed by atoms with Crippen LogP contribution in [0.5, 0.6) is 0 Å². The first-order valence-corrected chi connectivity index (χ1v) is 7.73. The Hall–Kier alpha value is -1.82. The summed E-state index contributed by atoms with van der Waals surface area (Å²) in [7, 11) is 0. The molecule has 0 saturated heterocycles. The summed E-state index contributed by atoms with van der Waals surface area (Å²) in [5.41, 5.74) is 2.36. The summed E-state index contributed by atoms with van der Waals surface area (Å²) in [5, 5.41) is 1.10. The first kappa shape index (κ1) is 14.1. The van der Waals surface area contributed by atoms with Gasteiger partial charge in [0.15, 0.2) is 0 Å². The van der Waals surface area contributed by atoms with E-state index in [1.165, 1.54) is 0 Å². The van der Waals surface area contributed by atoms with Gasteiger partial charge in [-0.1, -0.05) is 30.3 Å². The fourth-order valence-electron chi connectivity index (χ4n) is 2.17. The maximum atomic E-state index is 11.7. The zero-order valence-corrected chi connectivity index (χ0v) is 13.6. The van der Waals surface area contributed by atoms with Gasteiger partial charge in [0, 0.05) is 10.9 Å². The summed E-state index contributed by atoms with van der Waals surface area (Å²) in [6, 6.07) is 15.2. The highest BCUT2D eigenvalue weighted by Gasteiger charge is 2.14. The smallest absolute Gasteiger partial charge is 0.338 e. The summed E-state index contributed by atoms with van der Waals surface area (Å²) in [4.78, 5) is 11.7. The molecule has 0 radical (unpaired) electrons. The van der Waals surface area contributed by atoms with Gasteiger partial charge >= 0.3 is 5.97 Å². The van der Waals surface area contributed by atoms with Crippen LogP contribution in [0.2, 0.25) is 0 Å². The lowest BCUT2D eigenvalue weighted by atomic mass is 10.1. The third-order valence-electron chi connectivity index (χ3n) is 3.19. The van der Waals surface area contributed by atoms with Crippen LogP contribution < -0.4 is 0 Å². The van der Waals surface area contributed by atoms with Crippen molar-refractivity contribution in [3.05, 3.63) is 57.7 Å². The average molecular weight is 392 g/mol. The van der Waals surface area contributed by atoms with Gasteiger partial charge in [-0.2, -0.15) is 0 Å². The minimum absolute atomic E-state index is 0.302. The standard InChI is InChI=1S/C17H13IO3/c1-2-20-17(19)12-9-7-11(8-10-12)16-15(18)13-5-3-4-6-14(13)21-16/h3-10H,2H2,1H3. The molecule has 3 nitrogen and oxygen atoms in total. The van der Waals surface area contributed by atoms with Crippen molar-refractivity contribution in [3.63, 3.8) is 0 Å². The molecule has 2 aromatic carbocycles. The fraction of sp³-hybridized carbons (Fsp3) is 0.118. The number of ether oxygens (including phenoxy) is 1. The van der Waals surface area contributed by atoms with E-state index < -0.39 is 0 Å². The Labute approximate surface area is 136 Å². The molecule has 0 bridgehead atoms.